The Hall–Kier alpha value is -0.930. The molecule has 1 aromatic rings. The number of ketones is 1. The molecule has 1 N–H and O–H groups in total. The van der Waals surface area contributed by atoms with E-state index in [2.05, 4.69) is 5.32 Å². The van der Waals surface area contributed by atoms with Crippen molar-refractivity contribution < 1.29 is 9.18 Å². The van der Waals surface area contributed by atoms with E-state index in [9.17, 15) is 9.18 Å². The first-order valence-electron chi connectivity index (χ1n) is 4.19. The summed E-state index contributed by atoms with van der Waals surface area (Å²) < 4.78 is 13.2. The summed E-state index contributed by atoms with van der Waals surface area (Å²) in [5.74, 6) is -0.620. The van der Waals surface area contributed by atoms with Crippen LogP contribution in [0.25, 0.3) is 0 Å². The van der Waals surface area contributed by atoms with E-state index < -0.39 is 5.82 Å². The number of Topliss-reactive ketones (excluding diaryl/α,β-unsaturated/α-hetero) is 1. The number of nitrogens with one attached hydrogen (secondary N) is 1. The fourth-order valence-electron chi connectivity index (χ4n) is 1.07. The molecule has 0 heterocycles. The van der Waals surface area contributed by atoms with Gasteiger partial charge in [-0.15, -0.1) is 0 Å². The van der Waals surface area contributed by atoms with Gasteiger partial charge in [-0.05, 0) is 26.1 Å². The molecule has 0 saturated heterocycles. The predicted molar refractivity (Wildman–Crippen MR) is 54.4 cm³/mol. The molecule has 0 radical (unpaired) electrons. The van der Waals surface area contributed by atoms with Crippen LogP contribution >= 0.6 is 11.6 Å². The summed E-state index contributed by atoms with van der Waals surface area (Å²) in [6, 6.07) is 2.69. The average molecular weight is 216 g/mol. The van der Waals surface area contributed by atoms with Crippen LogP contribution in [0.4, 0.5) is 4.39 Å². The summed E-state index contributed by atoms with van der Waals surface area (Å²) in [4.78, 5) is 11.4. The van der Waals surface area contributed by atoms with E-state index in [1.807, 2.05) is 0 Å². The lowest BCUT2D eigenvalue weighted by atomic mass is 10.1. The Bertz CT molecular complexity index is 342. The molecule has 76 valence electrons. The molecular weight excluding hydrogens is 205 g/mol. The van der Waals surface area contributed by atoms with Crippen molar-refractivity contribution in [1.82, 2.24) is 5.32 Å². The smallest absolute Gasteiger partial charge is 0.176 e. The Kier molecular flexibility index (Phi) is 3.61. The molecule has 0 saturated carbocycles. The topological polar surface area (TPSA) is 29.1 Å². The molecule has 1 aromatic carbocycles. The van der Waals surface area contributed by atoms with Crippen LogP contribution in [0.1, 0.15) is 15.9 Å². The van der Waals surface area contributed by atoms with Gasteiger partial charge in [-0.3, -0.25) is 4.79 Å². The molecule has 0 aliphatic rings. The quantitative estimate of drug-likeness (QED) is 0.784. The van der Waals surface area contributed by atoms with Gasteiger partial charge < -0.3 is 5.32 Å². The van der Waals surface area contributed by atoms with E-state index >= 15 is 0 Å². The first kappa shape index (κ1) is 11.1. The van der Waals surface area contributed by atoms with E-state index in [0.29, 0.717) is 11.1 Å². The SMILES string of the molecule is CNCC(=O)c1cc(F)c(C)c(Cl)c1. The maximum absolute atomic E-state index is 13.2. The van der Waals surface area contributed by atoms with Crippen LogP contribution in [-0.2, 0) is 0 Å². The third kappa shape index (κ3) is 2.30. The van der Waals surface area contributed by atoms with Gasteiger partial charge in [0.1, 0.15) is 5.82 Å². The van der Waals surface area contributed by atoms with E-state index in [-0.39, 0.29) is 17.4 Å². The minimum Gasteiger partial charge on any atom is -0.313 e. The number of hydrogen-bond donors (Lipinski definition) is 1. The van der Waals surface area contributed by atoms with Gasteiger partial charge in [0.25, 0.3) is 0 Å². The zero-order valence-corrected chi connectivity index (χ0v) is 8.78. The number of carbonyl (C=O) groups excluding carboxylic acids is 1. The molecule has 0 amide bonds. The lowest BCUT2D eigenvalue weighted by Crippen LogP contribution is -2.18. The zero-order valence-electron chi connectivity index (χ0n) is 8.03. The predicted octanol–water partition coefficient (Wildman–Crippen LogP) is 2.19. The number of rotatable bonds is 3. The second kappa shape index (κ2) is 4.53. The van der Waals surface area contributed by atoms with Crippen molar-refractivity contribution in [2.24, 2.45) is 0 Å². The monoisotopic (exact) mass is 215 g/mol. The molecular formula is C10H11ClFNO. The lowest BCUT2D eigenvalue weighted by Gasteiger charge is -2.04. The first-order chi connectivity index (χ1) is 6.56. The van der Waals surface area contributed by atoms with E-state index in [1.54, 1.807) is 14.0 Å². The highest BCUT2D eigenvalue weighted by molar-refractivity contribution is 6.31. The Balaban J connectivity index is 3.06. The van der Waals surface area contributed by atoms with Crippen LogP contribution in [0.3, 0.4) is 0 Å². The van der Waals surface area contributed by atoms with Crippen molar-refractivity contribution in [2.75, 3.05) is 13.6 Å². The van der Waals surface area contributed by atoms with Gasteiger partial charge in [0.15, 0.2) is 5.78 Å². The highest BCUT2D eigenvalue weighted by Gasteiger charge is 2.10. The van der Waals surface area contributed by atoms with Crippen molar-refractivity contribution in [3.05, 3.63) is 34.1 Å². The molecule has 0 aliphatic heterocycles. The minimum absolute atomic E-state index is 0.173. The second-order valence-electron chi connectivity index (χ2n) is 3.02. The standard InChI is InChI=1S/C10H11ClFNO/c1-6-8(11)3-7(4-9(6)12)10(14)5-13-2/h3-4,13H,5H2,1-2H3. The maximum atomic E-state index is 13.2. The molecule has 0 unspecified atom stereocenters. The van der Waals surface area contributed by atoms with Gasteiger partial charge in [-0.25, -0.2) is 4.39 Å². The van der Waals surface area contributed by atoms with Crippen molar-refractivity contribution in [3.8, 4) is 0 Å². The van der Waals surface area contributed by atoms with Gasteiger partial charge >= 0.3 is 0 Å². The average Bonchev–Trinajstić information content (AvgIpc) is 2.13. The van der Waals surface area contributed by atoms with E-state index in [0.717, 1.165) is 0 Å². The van der Waals surface area contributed by atoms with Crippen LogP contribution < -0.4 is 5.32 Å². The molecule has 0 aromatic heterocycles. The van der Waals surface area contributed by atoms with Gasteiger partial charge in [-0.2, -0.15) is 0 Å². The summed E-state index contributed by atoms with van der Waals surface area (Å²) in [7, 11) is 1.66. The van der Waals surface area contributed by atoms with Crippen LogP contribution in [0.5, 0.6) is 0 Å². The van der Waals surface area contributed by atoms with Gasteiger partial charge in [0.05, 0.1) is 6.54 Å². The normalized spacial score (nSPS) is 10.3. The summed E-state index contributed by atoms with van der Waals surface area (Å²) >= 11 is 5.75. The first-order valence-corrected chi connectivity index (χ1v) is 4.57. The number of carbonyl (C=O) groups is 1. The third-order valence-electron chi connectivity index (χ3n) is 1.94. The van der Waals surface area contributed by atoms with Crippen molar-refractivity contribution in [2.45, 2.75) is 6.92 Å². The van der Waals surface area contributed by atoms with Gasteiger partial charge in [-0.1, -0.05) is 11.6 Å². The Morgan fingerprint density at radius 1 is 1.57 bits per heavy atom. The van der Waals surface area contributed by atoms with Crippen molar-refractivity contribution in [3.63, 3.8) is 0 Å². The number of halogens is 2. The number of hydrogen-bond acceptors (Lipinski definition) is 2. The molecule has 0 spiro atoms. The highest BCUT2D eigenvalue weighted by atomic mass is 35.5. The third-order valence-corrected chi connectivity index (χ3v) is 2.33. The molecule has 14 heavy (non-hydrogen) atoms. The zero-order chi connectivity index (χ0) is 10.7. The second-order valence-corrected chi connectivity index (χ2v) is 3.43. The number of likely N-dealkylation sites (N-methyl/N-ethyl adjacent to an activating group) is 1. The molecule has 0 atom stereocenters. The van der Waals surface area contributed by atoms with Crippen LogP contribution in [0.15, 0.2) is 12.1 Å². The van der Waals surface area contributed by atoms with Crippen molar-refractivity contribution >= 4 is 17.4 Å². The summed E-state index contributed by atoms with van der Waals surface area (Å²) in [5, 5.41) is 2.99. The molecule has 1 rings (SSSR count). The van der Waals surface area contributed by atoms with Crippen molar-refractivity contribution in [1.29, 1.82) is 0 Å². The van der Waals surface area contributed by atoms with Gasteiger partial charge in [0.2, 0.25) is 0 Å². The minimum atomic E-state index is -0.447. The fourth-order valence-corrected chi connectivity index (χ4v) is 1.28. The lowest BCUT2D eigenvalue weighted by molar-refractivity contribution is 0.0993. The van der Waals surface area contributed by atoms with E-state index in [1.165, 1.54) is 12.1 Å². The molecule has 2 nitrogen and oxygen atoms in total. The fraction of sp³-hybridized carbons (Fsp3) is 0.300. The largest absolute Gasteiger partial charge is 0.313 e. The van der Waals surface area contributed by atoms with Crippen LogP contribution in [-0.4, -0.2) is 19.4 Å². The Morgan fingerprint density at radius 3 is 2.71 bits per heavy atom. The molecule has 0 fully saturated rings. The highest BCUT2D eigenvalue weighted by Crippen LogP contribution is 2.20. The molecule has 0 aliphatic carbocycles. The maximum Gasteiger partial charge on any atom is 0.176 e. The molecule has 4 heteroatoms. The Morgan fingerprint density at radius 2 is 2.21 bits per heavy atom. The summed E-state index contributed by atoms with van der Waals surface area (Å²) in [5.41, 5.74) is 0.667. The number of benzene rings is 1. The molecule has 0 bridgehead atoms. The van der Waals surface area contributed by atoms with Crippen LogP contribution in [0, 0.1) is 12.7 Å². The van der Waals surface area contributed by atoms with Gasteiger partial charge in [0, 0.05) is 16.1 Å². The summed E-state index contributed by atoms with van der Waals surface area (Å²) in [6.45, 7) is 1.75. The van der Waals surface area contributed by atoms with Crippen LogP contribution in [0.2, 0.25) is 5.02 Å². The van der Waals surface area contributed by atoms with E-state index in [4.69, 9.17) is 11.6 Å². The Labute approximate surface area is 87.1 Å². The summed E-state index contributed by atoms with van der Waals surface area (Å²) in [6.07, 6.45) is 0.